The number of nitrogens with one attached hydrogen (secondary N) is 1. The van der Waals surface area contributed by atoms with Gasteiger partial charge in [0, 0.05) is 16.7 Å². The van der Waals surface area contributed by atoms with E-state index in [1.165, 1.54) is 5.39 Å². The Balaban J connectivity index is 1.71. The highest BCUT2D eigenvalue weighted by molar-refractivity contribution is 9.10. The second-order valence-electron chi connectivity index (χ2n) is 5.01. The number of aliphatic hydroxyl groups excluding tert-OH is 1. The van der Waals surface area contributed by atoms with Crippen molar-refractivity contribution in [3.63, 3.8) is 0 Å². The molecule has 0 spiro atoms. The van der Waals surface area contributed by atoms with Gasteiger partial charge in [0.25, 0.3) is 0 Å². The van der Waals surface area contributed by atoms with E-state index in [0.717, 1.165) is 21.1 Å². The maximum atomic E-state index is 10.3. The third-order valence-electron chi connectivity index (χ3n) is 3.50. The summed E-state index contributed by atoms with van der Waals surface area (Å²) in [6.07, 6.45) is -0.529. The zero-order valence-corrected chi connectivity index (χ0v) is 13.0. The molecule has 0 aliphatic rings. The van der Waals surface area contributed by atoms with Gasteiger partial charge in [-0.25, -0.2) is 0 Å². The number of hydrogen-bond donors (Lipinski definition) is 2. The van der Waals surface area contributed by atoms with Crippen molar-refractivity contribution in [3.8, 4) is 0 Å². The minimum absolute atomic E-state index is 0.486. The molecule has 3 rings (SSSR count). The first-order valence-corrected chi connectivity index (χ1v) is 7.68. The van der Waals surface area contributed by atoms with Crippen LogP contribution in [0.2, 0.25) is 0 Å². The van der Waals surface area contributed by atoms with Crippen molar-refractivity contribution < 1.29 is 5.11 Å². The molecule has 0 heterocycles. The third kappa shape index (κ3) is 3.43. The Hall–Kier alpha value is -1.84. The Morgan fingerprint density at radius 2 is 1.62 bits per heavy atom. The maximum absolute atomic E-state index is 10.3. The predicted molar refractivity (Wildman–Crippen MR) is 91.5 cm³/mol. The van der Waals surface area contributed by atoms with Crippen LogP contribution in [0, 0.1) is 0 Å². The SMILES string of the molecule is OC(CNc1ccc(Br)cc1)c1ccc2ccccc2c1. The highest BCUT2D eigenvalue weighted by Gasteiger charge is 2.08. The first-order valence-electron chi connectivity index (χ1n) is 6.88. The lowest BCUT2D eigenvalue weighted by atomic mass is 10.0. The number of rotatable bonds is 4. The molecule has 3 aromatic rings. The number of halogens is 1. The van der Waals surface area contributed by atoms with Crippen LogP contribution in [-0.2, 0) is 0 Å². The van der Waals surface area contributed by atoms with Gasteiger partial charge >= 0.3 is 0 Å². The molecule has 3 heteroatoms. The number of fused-ring (bicyclic) bond motifs is 1. The van der Waals surface area contributed by atoms with Crippen LogP contribution in [0.15, 0.2) is 71.2 Å². The summed E-state index contributed by atoms with van der Waals surface area (Å²) in [6.45, 7) is 0.486. The van der Waals surface area contributed by atoms with Crippen molar-refractivity contribution in [1.82, 2.24) is 0 Å². The summed E-state index contributed by atoms with van der Waals surface area (Å²) in [5, 5.41) is 15.9. The predicted octanol–water partition coefficient (Wildman–Crippen LogP) is 4.75. The maximum Gasteiger partial charge on any atom is 0.0962 e. The lowest BCUT2D eigenvalue weighted by Gasteiger charge is -2.14. The van der Waals surface area contributed by atoms with Crippen LogP contribution in [0.3, 0.4) is 0 Å². The summed E-state index contributed by atoms with van der Waals surface area (Å²) in [7, 11) is 0. The van der Waals surface area contributed by atoms with Gasteiger partial charge in [0.1, 0.15) is 0 Å². The summed E-state index contributed by atoms with van der Waals surface area (Å²) in [5.74, 6) is 0. The molecular weight excluding hydrogens is 326 g/mol. The van der Waals surface area contributed by atoms with Crippen LogP contribution in [0.5, 0.6) is 0 Å². The van der Waals surface area contributed by atoms with Crippen LogP contribution in [0.4, 0.5) is 5.69 Å². The Kier molecular flexibility index (Phi) is 4.23. The molecule has 2 N–H and O–H groups in total. The second kappa shape index (κ2) is 6.29. The molecule has 0 radical (unpaired) electrons. The van der Waals surface area contributed by atoms with E-state index in [2.05, 4.69) is 33.4 Å². The first-order chi connectivity index (χ1) is 10.2. The minimum Gasteiger partial charge on any atom is -0.387 e. The van der Waals surface area contributed by atoms with Crippen molar-refractivity contribution >= 4 is 32.4 Å². The van der Waals surface area contributed by atoms with Crippen molar-refractivity contribution in [1.29, 1.82) is 0 Å². The van der Waals surface area contributed by atoms with Crippen LogP contribution in [-0.4, -0.2) is 11.7 Å². The Morgan fingerprint density at radius 1 is 0.905 bits per heavy atom. The molecule has 106 valence electrons. The molecule has 1 atom stereocenters. The molecule has 1 unspecified atom stereocenters. The molecule has 0 saturated heterocycles. The molecule has 0 aliphatic heterocycles. The summed E-state index contributed by atoms with van der Waals surface area (Å²) in [4.78, 5) is 0. The van der Waals surface area contributed by atoms with E-state index < -0.39 is 6.10 Å². The van der Waals surface area contributed by atoms with Gasteiger partial charge in [-0.05, 0) is 46.7 Å². The number of hydrogen-bond acceptors (Lipinski definition) is 2. The third-order valence-corrected chi connectivity index (χ3v) is 4.03. The van der Waals surface area contributed by atoms with Gasteiger partial charge in [-0.2, -0.15) is 0 Å². The monoisotopic (exact) mass is 341 g/mol. The lowest BCUT2D eigenvalue weighted by molar-refractivity contribution is 0.192. The molecule has 0 fully saturated rings. The molecule has 21 heavy (non-hydrogen) atoms. The normalized spacial score (nSPS) is 12.3. The van der Waals surface area contributed by atoms with Gasteiger partial charge in [0.15, 0.2) is 0 Å². The molecule has 0 aliphatic carbocycles. The van der Waals surface area contributed by atoms with Gasteiger partial charge < -0.3 is 10.4 Å². The van der Waals surface area contributed by atoms with E-state index >= 15 is 0 Å². The number of aliphatic hydroxyl groups is 1. The largest absolute Gasteiger partial charge is 0.387 e. The molecule has 0 bridgehead atoms. The van der Waals surface area contributed by atoms with E-state index in [1.807, 2.05) is 54.6 Å². The van der Waals surface area contributed by atoms with E-state index in [4.69, 9.17) is 0 Å². The molecule has 0 aromatic heterocycles. The Morgan fingerprint density at radius 3 is 2.38 bits per heavy atom. The van der Waals surface area contributed by atoms with E-state index in [0.29, 0.717) is 6.54 Å². The van der Waals surface area contributed by atoms with Gasteiger partial charge in [0.2, 0.25) is 0 Å². The number of anilines is 1. The fourth-order valence-corrected chi connectivity index (χ4v) is 2.58. The fourth-order valence-electron chi connectivity index (χ4n) is 2.32. The Bertz CT molecular complexity index is 740. The quantitative estimate of drug-likeness (QED) is 0.717. The van der Waals surface area contributed by atoms with Crippen molar-refractivity contribution in [2.45, 2.75) is 6.10 Å². The zero-order chi connectivity index (χ0) is 14.7. The topological polar surface area (TPSA) is 32.3 Å². The summed E-state index contributed by atoms with van der Waals surface area (Å²) >= 11 is 3.41. The Labute approximate surface area is 132 Å². The standard InChI is InChI=1S/C18H16BrNO/c19-16-7-9-17(10-8-16)20-12-18(21)15-6-5-13-3-1-2-4-14(13)11-15/h1-11,18,20-21H,12H2. The average molecular weight is 342 g/mol. The molecular formula is C18H16BrNO. The molecule has 0 saturated carbocycles. The summed E-state index contributed by atoms with van der Waals surface area (Å²) < 4.78 is 1.04. The molecule has 0 amide bonds. The summed E-state index contributed by atoms with van der Waals surface area (Å²) in [6, 6.07) is 22.2. The zero-order valence-electron chi connectivity index (χ0n) is 11.5. The highest BCUT2D eigenvalue weighted by atomic mass is 79.9. The van der Waals surface area contributed by atoms with Crippen molar-refractivity contribution in [3.05, 3.63) is 76.8 Å². The van der Waals surface area contributed by atoms with Crippen LogP contribution in [0.25, 0.3) is 10.8 Å². The van der Waals surface area contributed by atoms with Crippen molar-refractivity contribution in [2.75, 3.05) is 11.9 Å². The first kappa shape index (κ1) is 14.1. The smallest absolute Gasteiger partial charge is 0.0962 e. The number of benzene rings is 3. The van der Waals surface area contributed by atoms with Crippen LogP contribution < -0.4 is 5.32 Å². The van der Waals surface area contributed by atoms with E-state index in [-0.39, 0.29) is 0 Å². The van der Waals surface area contributed by atoms with Gasteiger partial charge in [0.05, 0.1) is 6.10 Å². The van der Waals surface area contributed by atoms with E-state index in [9.17, 15) is 5.11 Å². The van der Waals surface area contributed by atoms with Gasteiger partial charge in [-0.1, -0.05) is 52.3 Å². The van der Waals surface area contributed by atoms with Gasteiger partial charge in [-0.15, -0.1) is 0 Å². The fraction of sp³-hybridized carbons (Fsp3) is 0.111. The molecule has 3 aromatic carbocycles. The summed E-state index contributed by atoms with van der Waals surface area (Å²) in [5.41, 5.74) is 1.93. The lowest BCUT2D eigenvalue weighted by Crippen LogP contribution is -2.12. The van der Waals surface area contributed by atoms with Crippen LogP contribution >= 0.6 is 15.9 Å². The average Bonchev–Trinajstić information content (AvgIpc) is 2.53. The highest BCUT2D eigenvalue weighted by Crippen LogP contribution is 2.21. The second-order valence-corrected chi connectivity index (χ2v) is 5.93. The van der Waals surface area contributed by atoms with Crippen molar-refractivity contribution in [2.24, 2.45) is 0 Å². The van der Waals surface area contributed by atoms with Gasteiger partial charge in [-0.3, -0.25) is 0 Å². The van der Waals surface area contributed by atoms with E-state index in [1.54, 1.807) is 0 Å². The minimum atomic E-state index is -0.529. The molecule has 2 nitrogen and oxygen atoms in total. The van der Waals surface area contributed by atoms with Crippen LogP contribution in [0.1, 0.15) is 11.7 Å².